The van der Waals surface area contributed by atoms with E-state index >= 15 is 0 Å². The van der Waals surface area contributed by atoms with Gasteiger partial charge in [-0.1, -0.05) is 54.6 Å². The third-order valence-electron chi connectivity index (χ3n) is 6.10. The summed E-state index contributed by atoms with van der Waals surface area (Å²) in [5, 5.41) is 11.3. The maximum absolute atomic E-state index is 13.1. The first-order chi connectivity index (χ1) is 16.5. The highest BCUT2D eigenvalue weighted by molar-refractivity contribution is 8.18. The van der Waals surface area contributed by atoms with Gasteiger partial charge in [-0.25, -0.2) is 0 Å². The lowest BCUT2D eigenvalue weighted by Crippen LogP contribution is -2.27. The molecule has 0 aliphatic carbocycles. The summed E-state index contributed by atoms with van der Waals surface area (Å²) in [6.07, 6.45) is 1.80. The summed E-state index contributed by atoms with van der Waals surface area (Å²) < 4.78 is 2.18. The summed E-state index contributed by atoms with van der Waals surface area (Å²) >= 11 is 0.938. The first-order valence-electron chi connectivity index (χ1n) is 10.9. The minimum absolute atomic E-state index is 0.0841. The van der Waals surface area contributed by atoms with Crippen molar-refractivity contribution in [1.82, 2.24) is 9.47 Å². The molecular weight excluding hydrogens is 442 g/mol. The number of aromatic nitrogens is 1. The number of rotatable bonds is 4. The summed E-state index contributed by atoms with van der Waals surface area (Å²) in [6.45, 7) is 4.14. The van der Waals surface area contributed by atoms with Gasteiger partial charge >= 0.3 is 0 Å². The van der Waals surface area contributed by atoms with Crippen LogP contribution in [0.5, 0.6) is 0 Å². The van der Waals surface area contributed by atoms with Crippen molar-refractivity contribution in [3.8, 4) is 11.8 Å². The Hall–Kier alpha value is -4.08. The zero-order valence-electron chi connectivity index (χ0n) is 18.8. The minimum Gasteiger partial charge on any atom is -0.317 e. The Morgan fingerprint density at radius 3 is 2.53 bits per heavy atom. The Morgan fingerprint density at radius 1 is 0.971 bits per heavy atom. The van der Waals surface area contributed by atoms with Gasteiger partial charge in [-0.15, -0.1) is 0 Å². The van der Waals surface area contributed by atoms with E-state index in [2.05, 4.69) is 34.9 Å². The van der Waals surface area contributed by atoms with E-state index < -0.39 is 0 Å². The number of hydrogen-bond acceptors (Lipinski definition) is 4. The maximum atomic E-state index is 13.1. The monoisotopic (exact) mass is 463 g/mol. The Bertz CT molecular complexity index is 1540. The van der Waals surface area contributed by atoms with Gasteiger partial charge in [-0.2, -0.15) is 5.26 Å². The molecule has 0 atom stereocenters. The van der Waals surface area contributed by atoms with Crippen molar-refractivity contribution in [2.24, 2.45) is 0 Å². The number of fused-ring (bicyclic) bond motifs is 1. The van der Waals surface area contributed by atoms with Crippen LogP contribution in [0.15, 0.2) is 77.7 Å². The van der Waals surface area contributed by atoms with E-state index in [1.807, 2.05) is 38.1 Å². The molecule has 0 bridgehead atoms. The number of benzene rings is 3. The molecule has 0 radical (unpaired) electrons. The molecule has 6 heteroatoms. The average molecular weight is 464 g/mol. The van der Waals surface area contributed by atoms with Crippen LogP contribution in [0, 0.1) is 25.2 Å². The van der Waals surface area contributed by atoms with Crippen LogP contribution in [0.2, 0.25) is 0 Å². The van der Waals surface area contributed by atoms with Crippen molar-refractivity contribution in [2.45, 2.75) is 20.4 Å². The first-order valence-corrected chi connectivity index (χ1v) is 11.7. The van der Waals surface area contributed by atoms with E-state index in [1.54, 1.807) is 30.3 Å². The van der Waals surface area contributed by atoms with Crippen LogP contribution in [0.25, 0.3) is 22.5 Å². The molecule has 5 nitrogen and oxygen atoms in total. The van der Waals surface area contributed by atoms with E-state index in [-0.39, 0.29) is 17.7 Å². The van der Waals surface area contributed by atoms with Crippen LogP contribution >= 0.6 is 11.8 Å². The third-order valence-corrected chi connectivity index (χ3v) is 7.01. The van der Waals surface area contributed by atoms with Crippen molar-refractivity contribution in [3.05, 3.63) is 106 Å². The lowest BCUT2D eigenvalue weighted by atomic mass is 10.1. The molecule has 1 aromatic heterocycles. The molecule has 34 heavy (non-hydrogen) atoms. The predicted molar refractivity (Wildman–Crippen MR) is 135 cm³/mol. The average Bonchev–Trinajstić information content (AvgIpc) is 3.27. The number of carbonyl (C=O) groups excluding carboxylic acids is 2. The summed E-state index contributed by atoms with van der Waals surface area (Å²) in [5.41, 5.74) is 5.13. The zero-order valence-corrected chi connectivity index (χ0v) is 19.6. The van der Waals surface area contributed by atoms with Crippen molar-refractivity contribution < 1.29 is 9.59 Å². The number of nitriles is 1. The quantitative estimate of drug-likeness (QED) is 0.331. The standard InChI is InChI=1S/C28H21N3O2S/c1-18-14-23(19(2)31(18)25-13-7-11-20-8-5-6-12-24(20)25)15-26-27(32)30(28(33)34-26)17-22-10-4-3-9-21(22)16-29/h3-15H,17H2,1-2H3/b26-15+. The minimum atomic E-state index is -0.335. The fraction of sp³-hybridized carbons (Fsp3) is 0.107. The number of hydrogen-bond donors (Lipinski definition) is 0. The molecule has 1 aliphatic heterocycles. The van der Waals surface area contributed by atoms with Gasteiger partial charge < -0.3 is 4.57 Å². The summed E-state index contributed by atoms with van der Waals surface area (Å²) in [7, 11) is 0. The number of nitrogens with zero attached hydrogens (tertiary/aromatic N) is 3. The van der Waals surface area contributed by atoms with E-state index in [9.17, 15) is 14.9 Å². The van der Waals surface area contributed by atoms with Crippen molar-refractivity contribution >= 4 is 39.8 Å². The van der Waals surface area contributed by atoms with Gasteiger partial charge in [0, 0.05) is 16.8 Å². The Balaban J connectivity index is 1.50. The van der Waals surface area contributed by atoms with Gasteiger partial charge in [-0.05, 0) is 66.4 Å². The van der Waals surface area contributed by atoms with Gasteiger partial charge in [0.2, 0.25) is 0 Å². The SMILES string of the molecule is Cc1cc(/C=C2/SC(=O)N(Cc3ccccc3C#N)C2=O)c(C)n1-c1cccc2ccccc12. The lowest BCUT2D eigenvalue weighted by molar-refractivity contribution is -0.123. The van der Waals surface area contributed by atoms with Crippen LogP contribution in [-0.2, 0) is 11.3 Å². The zero-order chi connectivity index (χ0) is 23.8. The normalized spacial score (nSPS) is 14.9. The van der Waals surface area contributed by atoms with Crippen molar-refractivity contribution in [2.75, 3.05) is 0 Å². The van der Waals surface area contributed by atoms with Crippen LogP contribution in [-0.4, -0.2) is 20.6 Å². The Labute approximate surface area is 201 Å². The fourth-order valence-corrected chi connectivity index (χ4v) is 5.25. The number of aryl methyl sites for hydroxylation is 1. The molecule has 4 aromatic rings. The topological polar surface area (TPSA) is 66.1 Å². The maximum Gasteiger partial charge on any atom is 0.293 e. The molecular formula is C28H21N3O2S. The Kier molecular flexibility index (Phi) is 5.56. The van der Waals surface area contributed by atoms with Gasteiger partial charge in [0.1, 0.15) is 0 Å². The fourth-order valence-electron chi connectivity index (χ4n) is 4.42. The molecule has 0 unspecified atom stereocenters. The molecule has 0 N–H and O–H groups in total. The number of carbonyl (C=O) groups is 2. The predicted octanol–water partition coefficient (Wildman–Crippen LogP) is 6.36. The molecule has 3 aromatic carbocycles. The molecule has 0 spiro atoms. The second-order valence-electron chi connectivity index (χ2n) is 8.20. The lowest BCUT2D eigenvalue weighted by Gasteiger charge is -2.13. The van der Waals surface area contributed by atoms with Crippen LogP contribution in [0.4, 0.5) is 4.79 Å². The molecule has 1 saturated heterocycles. The number of thioether (sulfide) groups is 1. The van der Waals surface area contributed by atoms with Gasteiger partial charge in [0.25, 0.3) is 11.1 Å². The van der Waals surface area contributed by atoms with Crippen molar-refractivity contribution in [1.29, 1.82) is 5.26 Å². The molecule has 2 amide bonds. The highest BCUT2D eigenvalue weighted by Gasteiger charge is 2.35. The Morgan fingerprint density at radius 2 is 1.71 bits per heavy atom. The second kappa shape index (κ2) is 8.69. The van der Waals surface area contributed by atoms with Gasteiger partial charge in [-0.3, -0.25) is 14.5 Å². The van der Waals surface area contributed by atoms with E-state index in [4.69, 9.17) is 0 Å². The summed E-state index contributed by atoms with van der Waals surface area (Å²) in [4.78, 5) is 27.3. The van der Waals surface area contributed by atoms with Crippen LogP contribution < -0.4 is 0 Å². The molecule has 1 fully saturated rings. The van der Waals surface area contributed by atoms with Crippen molar-refractivity contribution in [3.63, 3.8) is 0 Å². The molecule has 0 saturated carbocycles. The van der Waals surface area contributed by atoms with Crippen LogP contribution in [0.3, 0.4) is 0 Å². The van der Waals surface area contributed by atoms with E-state index in [1.165, 1.54) is 4.90 Å². The highest BCUT2D eigenvalue weighted by atomic mass is 32.2. The molecule has 5 rings (SSSR count). The first kappa shape index (κ1) is 21.7. The number of amides is 2. The molecule has 1 aliphatic rings. The second-order valence-corrected chi connectivity index (χ2v) is 9.19. The summed E-state index contributed by atoms with van der Waals surface area (Å²) in [6, 6.07) is 25.7. The largest absolute Gasteiger partial charge is 0.317 e. The molecule has 166 valence electrons. The highest BCUT2D eigenvalue weighted by Crippen LogP contribution is 2.35. The summed E-state index contributed by atoms with van der Waals surface area (Å²) in [5.74, 6) is -0.335. The molecule has 2 heterocycles. The van der Waals surface area contributed by atoms with Gasteiger partial charge in [0.15, 0.2) is 0 Å². The number of imide groups is 1. The van der Waals surface area contributed by atoms with E-state index in [0.29, 0.717) is 16.0 Å². The van der Waals surface area contributed by atoms with Crippen LogP contribution in [0.1, 0.15) is 28.1 Å². The third kappa shape index (κ3) is 3.70. The van der Waals surface area contributed by atoms with E-state index in [0.717, 1.165) is 45.2 Å². The smallest absolute Gasteiger partial charge is 0.293 e. The van der Waals surface area contributed by atoms with Gasteiger partial charge in [0.05, 0.1) is 28.8 Å².